The summed E-state index contributed by atoms with van der Waals surface area (Å²) in [4.78, 5) is 7.15. The van der Waals surface area contributed by atoms with Gasteiger partial charge >= 0.3 is 0 Å². The first-order valence-corrected chi connectivity index (χ1v) is 24.8. The van der Waals surface area contributed by atoms with Crippen LogP contribution in [0, 0.1) is 0 Å². The fraction of sp³-hybridized carbons (Fsp3) is 0. The van der Waals surface area contributed by atoms with Gasteiger partial charge in [0.2, 0.25) is 0 Å². The zero-order valence-electron chi connectivity index (χ0n) is 39.8. The second-order valence-corrected chi connectivity index (χ2v) is 18.5. The molecule has 0 aliphatic carbocycles. The maximum atomic E-state index is 6.80. The van der Waals surface area contributed by atoms with Gasteiger partial charge < -0.3 is 23.7 Å². The lowest BCUT2D eigenvalue weighted by atomic mass is 9.96. The molecule has 14 rings (SSSR count). The molecule has 0 atom stereocenters. The molecule has 0 saturated heterocycles. The van der Waals surface area contributed by atoms with Crippen molar-refractivity contribution in [2.24, 2.45) is 0 Å². The summed E-state index contributed by atoms with van der Waals surface area (Å²) in [5.41, 5.74) is 14.4. The van der Waals surface area contributed by atoms with Crippen LogP contribution < -0.4 is 14.7 Å². The van der Waals surface area contributed by atoms with Crippen LogP contribution >= 0.6 is 0 Å². The highest BCUT2D eigenvalue weighted by molar-refractivity contribution is 6.30. The van der Waals surface area contributed by atoms with E-state index in [0.29, 0.717) is 0 Å². The van der Waals surface area contributed by atoms with Crippen LogP contribution in [0.15, 0.2) is 283 Å². The zero-order chi connectivity index (χ0) is 48.2. The molecule has 0 aliphatic rings. The van der Waals surface area contributed by atoms with Crippen molar-refractivity contribution in [2.45, 2.75) is 0 Å². The maximum Gasteiger partial charge on any atom is 0.143 e. The average Bonchev–Trinajstić information content (AvgIpc) is 4.02. The summed E-state index contributed by atoms with van der Waals surface area (Å²) in [6.07, 6.45) is 0. The molecule has 12 aromatic carbocycles. The molecule has 2 aromatic heterocycles. The summed E-state index contributed by atoms with van der Waals surface area (Å²) in [6.45, 7) is 0. The van der Waals surface area contributed by atoms with Crippen LogP contribution in [0.25, 0.3) is 71.0 Å². The van der Waals surface area contributed by atoms with Crippen molar-refractivity contribution in [1.82, 2.24) is 4.57 Å². The minimum Gasteiger partial charge on any atom is -0.455 e. The number of aromatic nitrogens is 1. The fourth-order valence-electron chi connectivity index (χ4n) is 11.1. The number of benzene rings is 12. The first-order chi connectivity index (χ1) is 36.2. The van der Waals surface area contributed by atoms with Gasteiger partial charge in [0.25, 0.3) is 0 Å². The maximum absolute atomic E-state index is 6.80. The first-order valence-electron chi connectivity index (χ1n) is 24.8. The molecule has 0 amide bonds. The average molecular weight is 935 g/mol. The van der Waals surface area contributed by atoms with Gasteiger partial charge in [-0.25, -0.2) is 0 Å². The third kappa shape index (κ3) is 7.17. The van der Waals surface area contributed by atoms with E-state index in [1.165, 1.54) is 16.2 Å². The van der Waals surface area contributed by atoms with Crippen LogP contribution in [0.3, 0.4) is 0 Å². The Morgan fingerprint density at radius 3 is 1.18 bits per heavy atom. The predicted octanol–water partition coefficient (Wildman–Crippen LogP) is 19.4. The van der Waals surface area contributed by atoms with Crippen molar-refractivity contribution in [3.8, 4) is 5.69 Å². The van der Waals surface area contributed by atoms with Gasteiger partial charge in [0.15, 0.2) is 0 Å². The minimum atomic E-state index is 0.873. The standard InChI is InChI=1S/C68H46N4O/c1-5-22-47(23-6-1)69(48-24-7-2-8-25-48)51-30-21-31-52(42-51)71(53-40-41-58-57-32-13-14-35-61(57)68-67(63(58)46-53)62-36-17-20-39-66(62)73-68)55-43-54(70(49-26-9-3-10-27-49)50-28-11-4-12-29-50)44-56(45-55)72-64-37-18-15-33-59(64)60-34-16-19-38-65(60)72/h1-46H. The number of fused-ring (bicyclic) bond motifs is 11. The lowest BCUT2D eigenvalue weighted by Crippen LogP contribution is -2.15. The number of rotatable bonds is 10. The van der Waals surface area contributed by atoms with Crippen LogP contribution in [0.1, 0.15) is 0 Å². The molecule has 0 spiro atoms. The SMILES string of the molecule is c1ccc(N(c2ccccc2)c2cccc(N(c3cc(N(c4ccccc4)c4ccccc4)cc(-n4c5ccccc5c5ccccc54)c3)c3ccc4c5ccccc5c5oc6ccccc6c5c4c3)c2)cc1. The highest BCUT2D eigenvalue weighted by atomic mass is 16.3. The largest absolute Gasteiger partial charge is 0.455 e. The van der Waals surface area contributed by atoms with Crippen molar-refractivity contribution < 1.29 is 4.42 Å². The Bertz CT molecular complexity index is 4200. The van der Waals surface area contributed by atoms with E-state index < -0.39 is 0 Å². The second-order valence-electron chi connectivity index (χ2n) is 18.5. The molecule has 0 unspecified atom stereocenters. The highest BCUT2D eigenvalue weighted by Gasteiger charge is 2.24. The van der Waals surface area contributed by atoms with Crippen LogP contribution in [0.2, 0.25) is 0 Å². The number of para-hydroxylation sites is 7. The lowest BCUT2D eigenvalue weighted by molar-refractivity contribution is 0.673. The van der Waals surface area contributed by atoms with Crippen molar-refractivity contribution in [1.29, 1.82) is 0 Å². The number of anilines is 9. The molecule has 2 heterocycles. The Balaban J connectivity index is 1.09. The summed E-state index contributed by atoms with van der Waals surface area (Å²) >= 11 is 0. The summed E-state index contributed by atoms with van der Waals surface area (Å²) in [5.74, 6) is 0. The van der Waals surface area contributed by atoms with Crippen LogP contribution in [-0.4, -0.2) is 4.57 Å². The van der Waals surface area contributed by atoms with Gasteiger partial charge in [-0.15, -0.1) is 0 Å². The molecule has 14 aromatic rings. The zero-order valence-corrected chi connectivity index (χ0v) is 39.8. The smallest absolute Gasteiger partial charge is 0.143 e. The molecule has 0 bridgehead atoms. The molecular formula is C68H46N4O. The Kier molecular flexibility index (Phi) is 10.1. The monoisotopic (exact) mass is 934 g/mol. The Labute approximate surface area is 422 Å². The predicted molar refractivity (Wildman–Crippen MR) is 307 cm³/mol. The van der Waals surface area contributed by atoms with Crippen molar-refractivity contribution in [3.63, 3.8) is 0 Å². The van der Waals surface area contributed by atoms with Gasteiger partial charge in [-0.2, -0.15) is 0 Å². The van der Waals surface area contributed by atoms with Crippen molar-refractivity contribution in [3.05, 3.63) is 279 Å². The number of hydrogen-bond acceptors (Lipinski definition) is 4. The van der Waals surface area contributed by atoms with Crippen LogP contribution in [0.4, 0.5) is 51.2 Å². The molecule has 5 heteroatoms. The number of nitrogens with zero attached hydrogens (tertiary/aromatic N) is 4. The molecule has 344 valence electrons. The van der Waals surface area contributed by atoms with Crippen molar-refractivity contribution in [2.75, 3.05) is 14.7 Å². The Hall–Kier alpha value is -9.84. The van der Waals surface area contributed by atoms with Crippen LogP contribution in [-0.2, 0) is 0 Å². The van der Waals surface area contributed by atoms with E-state index in [-0.39, 0.29) is 0 Å². The van der Waals surface area contributed by atoms with Gasteiger partial charge in [-0.3, -0.25) is 0 Å². The normalized spacial score (nSPS) is 11.6. The van der Waals surface area contributed by atoms with Gasteiger partial charge in [-0.05, 0) is 131 Å². The number of hydrogen-bond donors (Lipinski definition) is 0. The van der Waals surface area contributed by atoms with Crippen LogP contribution in [0.5, 0.6) is 0 Å². The second kappa shape index (κ2) is 17.5. The molecular weight excluding hydrogens is 889 g/mol. The molecule has 0 radical (unpaired) electrons. The Morgan fingerprint density at radius 2 is 0.630 bits per heavy atom. The Morgan fingerprint density at radius 1 is 0.247 bits per heavy atom. The van der Waals surface area contributed by atoms with E-state index in [9.17, 15) is 0 Å². The van der Waals surface area contributed by atoms with E-state index in [0.717, 1.165) is 106 Å². The van der Waals surface area contributed by atoms with E-state index in [1.807, 2.05) is 0 Å². The minimum absolute atomic E-state index is 0.873. The van der Waals surface area contributed by atoms with E-state index in [2.05, 4.69) is 298 Å². The molecule has 0 fully saturated rings. The molecule has 0 saturated carbocycles. The fourth-order valence-corrected chi connectivity index (χ4v) is 11.1. The van der Waals surface area contributed by atoms with E-state index in [4.69, 9.17) is 4.42 Å². The summed E-state index contributed by atoms with van der Waals surface area (Å²) in [6, 6.07) is 100. The van der Waals surface area contributed by atoms with E-state index >= 15 is 0 Å². The summed E-state index contributed by atoms with van der Waals surface area (Å²) < 4.78 is 9.23. The molecule has 5 nitrogen and oxygen atoms in total. The molecule has 0 N–H and O–H groups in total. The summed E-state index contributed by atoms with van der Waals surface area (Å²) in [7, 11) is 0. The third-order valence-corrected chi connectivity index (χ3v) is 14.2. The quantitative estimate of drug-likeness (QED) is 0.128. The molecule has 0 aliphatic heterocycles. The summed E-state index contributed by atoms with van der Waals surface area (Å²) in [5, 5.41) is 9.17. The highest BCUT2D eigenvalue weighted by Crippen LogP contribution is 2.48. The van der Waals surface area contributed by atoms with Gasteiger partial charge in [-0.1, -0.05) is 164 Å². The van der Waals surface area contributed by atoms with Gasteiger partial charge in [0.05, 0.1) is 28.1 Å². The topological polar surface area (TPSA) is 27.8 Å². The number of furan rings is 1. The lowest BCUT2D eigenvalue weighted by Gasteiger charge is -2.32. The third-order valence-electron chi connectivity index (χ3n) is 14.2. The van der Waals surface area contributed by atoms with E-state index in [1.54, 1.807) is 0 Å². The van der Waals surface area contributed by atoms with Gasteiger partial charge in [0.1, 0.15) is 11.2 Å². The van der Waals surface area contributed by atoms with Gasteiger partial charge in [0, 0.05) is 66.7 Å². The van der Waals surface area contributed by atoms with Crippen molar-refractivity contribution >= 4 is 116 Å². The first kappa shape index (κ1) is 42.1. The molecule has 73 heavy (non-hydrogen) atoms.